The lowest BCUT2D eigenvalue weighted by Crippen LogP contribution is -2.24. The smallest absolute Gasteiger partial charge is 0.406 e. The molecule has 7 nitrogen and oxygen atoms in total. The van der Waals surface area contributed by atoms with Gasteiger partial charge in [0, 0.05) is 13.0 Å². The molecule has 0 amide bonds. The van der Waals surface area contributed by atoms with Crippen LogP contribution in [0.3, 0.4) is 0 Å². The number of nitrogens with one attached hydrogen (secondary N) is 1. The number of imidazole rings is 1. The summed E-state index contributed by atoms with van der Waals surface area (Å²) in [5.41, 5.74) is 1.11. The monoisotopic (exact) mass is 383 g/mol. The summed E-state index contributed by atoms with van der Waals surface area (Å²) in [5.74, 6) is -0.204. The van der Waals surface area contributed by atoms with Crippen LogP contribution in [0.1, 0.15) is 18.2 Å². The number of aromatic nitrogens is 4. The SMILES string of the molecule is Fc1nc(NCc2cccc(OC(F)(F)F)c2)c2ncn(C3CCO3)c2n1. The van der Waals surface area contributed by atoms with Crippen LogP contribution in [0.4, 0.5) is 23.4 Å². The zero-order chi connectivity index (χ0) is 19.0. The van der Waals surface area contributed by atoms with Crippen molar-refractivity contribution >= 4 is 17.0 Å². The van der Waals surface area contributed by atoms with Crippen LogP contribution in [0.5, 0.6) is 5.75 Å². The highest BCUT2D eigenvalue weighted by Gasteiger charge is 2.31. The summed E-state index contributed by atoms with van der Waals surface area (Å²) >= 11 is 0. The number of fused-ring (bicyclic) bond motifs is 1. The van der Waals surface area contributed by atoms with E-state index in [0.29, 0.717) is 17.7 Å². The van der Waals surface area contributed by atoms with E-state index in [-0.39, 0.29) is 30.0 Å². The fraction of sp³-hybridized carbons (Fsp3) is 0.312. The van der Waals surface area contributed by atoms with Gasteiger partial charge in [0.1, 0.15) is 12.0 Å². The average molecular weight is 383 g/mol. The number of rotatable bonds is 5. The molecule has 3 heterocycles. The number of anilines is 1. The highest BCUT2D eigenvalue weighted by Crippen LogP contribution is 2.29. The maximum absolute atomic E-state index is 13.8. The summed E-state index contributed by atoms with van der Waals surface area (Å²) in [6, 6.07) is 5.46. The predicted molar refractivity (Wildman–Crippen MR) is 85.3 cm³/mol. The second-order valence-electron chi connectivity index (χ2n) is 5.83. The van der Waals surface area contributed by atoms with Gasteiger partial charge in [0.05, 0.1) is 12.9 Å². The molecule has 0 aliphatic carbocycles. The molecule has 0 saturated carbocycles. The first-order valence-corrected chi connectivity index (χ1v) is 7.99. The molecule has 4 rings (SSSR count). The number of nitrogens with zero attached hydrogens (tertiary/aromatic N) is 4. The lowest BCUT2D eigenvalue weighted by Gasteiger charge is -2.27. The Hall–Kier alpha value is -2.95. The van der Waals surface area contributed by atoms with Gasteiger partial charge in [0.2, 0.25) is 0 Å². The highest BCUT2D eigenvalue weighted by atomic mass is 19.4. The molecule has 0 bridgehead atoms. The quantitative estimate of drug-likeness (QED) is 0.538. The third kappa shape index (κ3) is 3.77. The van der Waals surface area contributed by atoms with Crippen molar-refractivity contribution < 1.29 is 27.0 Å². The van der Waals surface area contributed by atoms with Crippen molar-refractivity contribution in [2.45, 2.75) is 25.6 Å². The van der Waals surface area contributed by atoms with Gasteiger partial charge in [-0.25, -0.2) is 4.98 Å². The van der Waals surface area contributed by atoms with E-state index in [1.165, 1.54) is 24.5 Å². The summed E-state index contributed by atoms with van der Waals surface area (Å²) in [5, 5.41) is 2.88. The fourth-order valence-corrected chi connectivity index (χ4v) is 2.70. The van der Waals surface area contributed by atoms with Gasteiger partial charge in [-0.2, -0.15) is 14.4 Å². The van der Waals surface area contributed by atoms with E-state index in [9.17, 15) is 17.6 Å². The Morgan fingerprint density at radius 3 is 2.81 bits per heavy atom. The molecule has 3 aromatic rings. The van der Waals surface area contributed by atoms with Gasteiger partial charge >= 0.3 is 12.4 Å². The molecule has 27 heavy (non-hydrogen) atoms. The average Bonchev–Trinajstić information content (AvgIpc) is 2.93. The van der Waals surface area contributed by atoms with Gasteiger partial charge in [-0.3, -0.25) is 4.57 Å². The van der Waals surface area contributed by atoms with Crippen molar-refractivity contribution in [2.75, 3.05) is 11.9 Å². The molecule has 1 aliphatic rings. The van der Waals surface area contributed by atoms with E-state index in [0.717, 1.165) is 6.42 Å². The Labute approximate surface area is 150 Å². The standard InChI is InChI=1S/C16H13F4N5O2/c17-15-23-13(12-14(24-15)25(8-22-12)11-4-5-26-11)21-7-9-2-1-3-10(6-9)27-16(18,19)20/h1-3,6,8,11H,4-5,7H2,(H,21,23,24). The Balaban J connectivity index is 1.55. The number of benzene rings is 1. The number of ether oxygens (including phenoxy) is 2. The lowest BCUT2D eigenvalue weighted by molar-refractivity contribution is -0.274. The van der Waals surface area contributed by atoms with Crippen molar-refractivity contribution in [1.29, 1.82) is 0 Å². The first kappa shape index (κ1) is 17.5. The first-order valence-electron chi connectivity index (χ1n) is 7.99. The number of alkyl halides is 3. The molecule has 1 aromatic carbocycles. The van der Waals surface area contributed by atoms with E-state index in [2.05, 4.69) is 25.0 Å². The van der Waals surface area contributed by atoms with Crippen molar-refractivity contribution in [3.8, 4) is 5.75 Å². The third-order valence-corrected chi connectivity index (χ3v) is 3.97. The van der Waals surface area contributed by atoms with Gasteiger partial charge in [0.15, 0.2) is 17.0 Å². The fourth-order valence-electron chi connectivity index (χ4n) is 2.70. The van der Waals surface area contributed by atoms with Crippen LogP contribution in [-0.4, -0.2) is 32.5 Å². The summed E-state index contributed by atoms with van der Waals surface area (Å²) in [7, 11) is 0. The number of hydrogen-bond donors (Lipinski definition) is 1. The molecule has 11 heteroatoms. The summed E-state index contributed by atoms with van der Waals surface area (Å²) in [4.78, 5) is 11.7. The maximum atomic E-state index is 13.8. The van der Waals surface area contributed by atoms with Gasteiger partial charge in [-0.05, 0) is 17.7 Å². The van der Waals surface area contributed by atoms with Crippen LogP contribution in [0.15, 0.2) is 30.6 Å². The minimum Gasteiger partial charge on any atom is -0.406 e. The number of hydrogen-bond acceptors (Lipinski definition) is 6. The molecule has 1 fully saturated rings. The van der Waals surface area contributed by atoms with Crippen LogP contribution < -0.4 is 10.1 Å². The van der Waals surface area contributed by atoms with Crippen molar-refractivity contribution in [1.82, 2.24) is 19.5 Å². The maximum Gasteiger partial charge on any atom is 0.573 e. The van der Waals surface area contributed by atoms with Crippen LogP contribution in [0.2, 0.25) is 0 Å². The second-order valence-corrected chi connectivity index (χ2v) is 5.83. The molecule has 0 spiro atoms. The Morgan fingerprint density at radius 1 is 1.30 bits per heavy atom. The summed E-state index contributed by atoms with van der Waals surface area (Å²) in [6.07, 6.45) is -3.70. The van der Waals surface area contributed by atoms with E-state index in [4.69, 9.17) is 4.74 Å². The molecular weight excluding hydrogens is 370 g/mol. The molecule has 1 saturated heterocycles. The highest BCUT2D eigenvalue weighted by molar-refractivity contribution is 5.82. The van der Waals surface area contributed by atoms with Crippen LogP contribution in [0, 0.1) is 6.08 Å². The van der Waals surface area contributed by atoms with Crippen molar-refractivity contribution in [2.24, 2.45) is 0 Å². The first-order chi connectivity index (χ1) is 12.9. The van der Waals surface area contributed by atoms with E-state index >= 15 is 0 Å². The van der Waals surface area contributed by atoms with Crippen molar-refractivity contribution in [3.63, 3.8) is 0 Å². The normalized spacial score (nSPS) is 17.0. The number of halogens is 4. The van der Waals surface area contributed by atoms with Crippen LogP contribution >= 0.6 is 0 Å². The molecule has 0 radical (unpaired) electrons. The topological polar surface area (TPSA) is 74.1 Å². The molecule has 142 valence electrons. The largest absolute Gasteiger partial charge is 0.573 e. The minimum atomic E-state index is -4.77. The summed E-state index contributed by atoms with van der Waals surface area (Å²) in [6.45, 7) is 0.701. The second kappa shape index (κ2) is 6.65. The van der Waals surface area contributed by atoms with Gasteiger partial charge in [-0.1, -0.05) is 12.1 Å². The molecule has 1 N–H and O–H groups in total. The molecule has 1 aliphatic heterocycles. The van der Waals surface area contributed by atoms with E-state index in [1.807, 2.05) is 0 Å². The molecule has 2 aromatic heterocycles. The van der Waals surface area contributed by atoms with Crippen LogP contribution in [-0.2, 0) is 11.3 Å². The zero-order valence-corrected chi connectivity index (χ0v) is 13.7. The zero-order valence-electron chi connectivity index (χ0n) is 13.7. The van der Waals surface area contributed by atoms with Gasteiger partial charge in [0.25, 0.3) is 0 Å². The Kier molecular flexibility index (Phi) is 4.30. The molecule has 1 atom stereocenters. The predicted octanol–water partition coefficient (Wildman–Crippen LogP) is 3.40. The van der Waals surface area contributed by atoms with E-state index < -0.39 is 12.4 Å². The van der Waals surface area contributed by atoms with Gasteiger partial charge in [-0.15, -0.1) is 13.2 Å². The molecule has 1 unspecified atom stereocenters. The summed E-state index contributed by atoms with van der Waals surface area (Å²) < 4.78 is 61.7. The Bertz CT molecular complexity index is 971. The van der Waals surface area contributed by atoms with E-state index in [1.54, 1.807) is 10.6 Å². The molecular formula is C16H13F4N5O2. The minimum absolute atomic E-state index is 0.0907. The Morgan fingerprint density at radius 2 is 2.11 bits per heavy atom. The van der Waals surface area contributed by atoms with Crippen molar-refractivity contribution in [3.05, 3.63) is 42.2 Å². The van der Waals surface area contributed by atoms with Crippen LogP contribution in [0.25, 0.3) is 11.2 Å². The third-order valence-electron chi connectivity index (χ3n) is 3.97. The lowest BCUT2D eigenvalue weighted by atomic mass is 10.2. The van der Waals surface area contributed by atoms with Gasteiger partial charge < -0.3 is 14.8 Å².